The molecule has 1 aromatic rings. The van der Waals surface area contributed by atoms with Crippen LogP contribution in [-0.2, 0) is 0 Å². The summed E-state index contributed by atoms with van der Waals surface area (Å²) in [6.07, 6.45) is 4.91. The van der Waals surface area contributed by atoms with Crippen LogP contribution in [-0.4, -0.2) is 18.6 Å². The van der Waals surface area contributed by atoms with Crippen molar-refractivity contribution in [2.75, 3.05) is 24.2 Å². The van der Waals surface area contributed by atoms with Gasteiger partial charge in [-0.3, -0.25) is 0 Å². The molecule has 1 atom stereocenters. The highest BCUT2D eigenvalue weighted by atomic mass is 35.5. The standard InChI is InChI=1S/C14H23Cl2N3/c1-4-6-7-10(5-2)9-18-14-12(16)8-11(15)13(17-3)19-14/h8,10H,4-7,9H2,1-3H3,(H2,17,18,19). The smallest absolute Gasteiger partial charge is 0.147 e. The fourth-order valence-corrected chi connectivity index (χ4v) is 2.47. The van der Waals surface area contributed by atoms with E-state index in [-0.39, 0.29) is 0 Å². The average molecular weight is 304 g/mol. The minimum atomic E-state index is 0.538. The first kappa shape index (κ1) is 16.4. The highest BCUT2D eigenvalue weighted by Gasteiger charge is 2.10. The van der Waals surface area contributed by atoms with E-state index in [2.05, 4.69) is 29.5 Å². The van der Waals surface area contributed by atoms with Crippen LogP contribution < -0.4 is 10.6 Å². The molecule has 1 unspecified atom stereocenters. The van der Waals surface area contributed by atoms with Gasteiger partial charge in [-0.15, -0.1) is 0 Å². The van der Waals surface area contributed by atoms with Gasteiger partial charge in [0.15, 0.2) is 0 Å². The van der Waals surface area contributed by atoms with Gasteiger partial charge in [0, 0.05) is 13.6 Å². The maximum atomic E-state index is 6.15. The van der Waals surface area contributed by atoms with Crippen molar-refractivity contribution in [3.63, 3.8) is 0 Å². The molecule has 3 nitrogen and oxygen atoms in total. The Bertz CT molecular complexity index is 397. The highest BCUT2D eigenvalue weighted by Crippen LogP contribution is 2.29. The second-order valence-corrected chi connectivity index (χ2v) is 5.51. The summed E-state index contributed by atoms with van der Waals surface area (Å²) in [5.74, 6) is 2.01. The molecule has 0 saturated carbocycles. The van der Waals surface area contributed by atoms with Crippen molar-refractivity contribution in [1.82, 2.24) is 4.98 Å². The SMILES string of the molecule is CCCCC(CC)CNc1nc(NC)c(Cl)cc1Cl. The lowest BCUT2D eigenvalue weighted by atomic mass is 9.99. The number of nitrogens with zero attached hydrogens (tertiary/aromatic N) is 1. The molecule has 0 radical (unpaired) electrons. The van der Waals surface area contributed by atoms with Gasteiger partial charge in [-0.2, -0.15) is 0 Å². The minimum Gasteiger partial charge on any atom is -0.372 e. The number of nitrogens with one attached hydrogen (secondary N) is 2. The Hall–Kier alpha value is -0.670. The number of pyridine rings is 1. The van der Waals surface area contributed by atoms with E-state index in [1.54, 1.807) is 13.1 Å². The highest BCUT2D eigenvalue weighted by molar-refractivity contribution is 6.37. The van der Waals surface area contributed by atoms with Gasteiger partial charge in [-0.1, -0.05) is 56.3 Å². The van der Waals surface area contributed by atoms with Crippen LogP contribution in [0.5, 0.6) is 0 Å². The zero-order valence-electron chi connectivity index (χ0n) is 11.9. The van der Waals surface area contributed by atoms with E-state index in [0.29, 0.717) is 27.6 Å². The van der Waals surface area contributed by atoms with Gasteiger partial charge in [0.05, 0.1) is 10.0 Å². The second kappa shape index (κ2) is 8.49. The van der Waals surface area contributed by atoms with Crippen LogP contribution in [0.15, 0.2) is 6.07 Å². The molecule has 5 heteroatoms. The van der Waals surface area contributed by atoms with E-state index in [9.17, 15) is 0 Å². The molecular weight excluding hydrogens is 281 g/mol. The van der Waals surface area contributed by atoms with Crippen LogP contribution >= 0.6 is 23.2 Å². The monoisotopic (exact) mass is 303 g/mol. The molecule has 1 rings (SSSR count). The molecular formula is C14H23Cl2N3. The second-order valence-electron chi connectivity index (χ2n) is 4.70. The Balaban J connectivity index is 2.65. The number of halogens is 2. The van der Waals surface area contributed by atoms with Crippen LogP contribution in [0.25, 0.3) is 0 Å². The van der Waals surface area contributed by atoms with Gasteiger partial charge in [-0.25, -0.2) is 4.98 Å². The summed E-state index contributed by atoms with van der Waals surface area (Å²) in [5.41, 5.74) is 0. The van der Waals surface area contributed by atoms with Crippen LogP contribution in [0.1, 0.15) is 39.5 Å². The Labute approximate surface area is 126 Å². The summed E-state index contributed by atoms with van der Waals surface area (Å²) < 4.78 is 0. The molecule has 2 N–H and O–H groups in total. The molecule has 0 bridgehead atoms. The van der Waals surface area contributed by atoms with Crippen LogP contribution in [0.4, 0.5) is 11.6 Å². The molecule has 19 heavy (non-hydrogen) atoms. The molecule has 0 fully saturated rings. The van der Waals surface area contributed by atoms with Crippen LogP contribution in [0.3, 0.4) is 0 Å². The first-order valence-electron chi connectivity index (χ1n) is 6.90. The minimum absolute atomic E-state index is 0.538. The third kappa shape index (κ3) is 5.07. The molecule has 108 valence electrons. The van der Waals surface area contributed by atoms with Gasteiger partial charge in [0.1, 0.15) is 11.6 Å². The molecule has 0 spiro atoms. The lowest BCUT2D eigenvalue weighted by molar-refractivity contribution is 0.472. The van der Waals surface area contributed by atoms with Crippen molar-refractivity contribution in [3.8, 4) is 0 Å². The number of rotatable bonds is 8. The fraction of sp³-hybridized carbons (Fsp3) is 0.643. The predicted molar refractivity (Wildman–Crippen MR) is 85.6 cm³/mol. The topological polar surface area (TPSA) is 37.0 Å². The van der Waals surface area contributed by atoms with E-state index >= 15 is 0 Å². The summed E-state index contributed by atoms with van der Waals surface area (Å²) in [6.45, 7) is 5.34. The Morgan fingerprint density at radius 1 is 1.21 bits per heavy atom. The Kier molecular flexibility index (Phi) is 7.32. The molecule has 0 aliphatic rings. The van der Waals surface area contributed by atoms with Crippen molar-refractivity contribution in [3.05, 3.63) is 16.1 Å². The summed E-state index contributed by atoms with van der Waals surface area (Å²) in [7, 11) is 1.79. The van der Waals surface area contributed by atoms with Gasteiger partial charge >= 0.3 is 0 Å². The van der Waals surface area contributed by atoms with Gasteiger partial charge < -0.3 is 10.6 Å². The molecule has 0 saturated heterocycles. The maximum Gasteiger partial charge on any atom is 0.147 e. The molecule has 0 amide bonds. The lowest BCUT2D eigenvalue weighted by Crippen LogP contribution is -2.15. The van der Waals surface area contributed by atoms with E-state index < -0.39 is 0 Å². The van der Waals surface area contributed by atoms with Crippen LogP contribution in [0.2, 0.25) is 10.0 Å². The summed E-state index contributed by atoms with van der Waals surface area (Å²) in [4.78, 5) is 4.39. The maximum absolute atomic E-state index is 6.15. The molecule has 1 heterocycles. The zero-order valence-corrected chi connectivity index (χ0v) is 13.4. The van der Waals surface area contributed by atoms with Crippen molar-refractivity contribution in [2.24, 2.45) is 5.92 Å². The van der Waals surface area contributed by atoms with E-state index in [4.69, 9.17) is 23.2 Å². The normalized spacial score (nSPS) is 12.3. The zero-order chi connectivity index (χ0) is 14.3. The molecule has 0 aliphatic heterocycles. The lowest BCUT2D eigenvalue weighted by Gasteiger charge is -2.17. The molecule has 0 aromatic carbocycles. The van der Waals surface area contributed by atoms with E-state index in [1.807, 2.05) is 0 Å². The quantitative estimate of drug-likeness (QED) is 0.705. The largest absolute Gasteiger partial charge is 0.372 e. The molecule has 0 aliphatic carbocycles. The number of unbranched alkanes of at least 4 members (excludes halogenated alkanes) is 1. The number of aromatic nitrogens is 1. The van der Waals surface area contributed by atoms with Gasteiger partial charge in [0.2, 0.25) is 0 Å². The number of hydrogen-bond donors (Lipinski definition) is 2. The number of hydrogen-bond acceptors (Lipinski definition) is 3. The third-order valence-corrected chi connectivity index (χ3v) is 3.84. The average Bonchev–Trinajstić information content (AvgIpc) is 2.41. The van der Waals surface area contributed by atoms with Crippen molar-refractivity contribution >= 4 is 34.8 Å². The third-order valence-electron chi connectivity index (χ3n) is 3.27. The summed E-state index contributed by atoms with van der Waals surface area (Å²) in [5, 5.41) is 7.39. The van der Waals surface area contributed by atoms with Crippen molar-refractivity contribution < 1.29 is 0 Å². The van der Waals surface area contributed by atoms with Gasteiger partial charge in [-0.05, 0) is 18.4 Å². The van der Waals surface area contributed by atoms with Gasteiger partial charge in [0.25, 0.3) is 0 Å². The summed E-state index contributed by atoms with van der Waals surface area (Å²) in [6, 6.07) is 1.72. The summed E-state index contributed by atoms with van der Waals surface area (Å²) >= 11 is 12.2. The van der Waals surface area contributed by atoms with Crippen molar-refractivity contribution in [1.29, 1.82) is 0 Å². The first-order chi connectivity index (χ1) is 9.12. The predicted octanol–water partition coefficient (Wildman–Crippen LogP) is 5.06. The Morgan fingerprint density at radius 2 is 1.89 bits per heavy atom. The van der Waals surface area contributed by atoms with Crippen LogP contribution in [0, 0.1) is 5.92 Å². The van der Waals surface area contributed by atoms with E-state index in [0.717, 1.165) is 13.0 Å². The fourth-order valence-electron chi connectivity index (χ4n) is 1.95. The number of anilines is 2. The van der Waals surface area contributed by atoms with E-state index in [1.165, 1.54) is 19.3 Å². The Morgan fingerprint density at radius 3 is 2.47 bits per heavy atom. The first-order valence-corrected chi connectivity index (χ1v) is 7.65. The van der Waals surface area contributed by atoms with Crippen molar-refractivity contribution in [2.45, 2.75) is 39.5 Å². The molecule has 1 aromatic heterocycles.